The van der Waals surface area contributed by atoms with Crippen LogP contribution in [-0.4, -0.2) is 25.5 Å². The number of rotatable bonds is 3. The summed E-state index contributed by atoms with van der Waals surface area (Å²) < 4.78 is 52.2. The molecule has 1 aliphatic rings. The van der Waals surface area contributed by atoms with Crippen molar-refractivity contribution in [3.05, 3.63) is 84.2 Å². The van der Waals surface area contributed by atoms with Gasteiger partial charge < -0.3 is 15.1 Å². The summed E-state index contributed by atoms with van der Waals surface area (Å²) in [6.45, 7) is 0.311. The molecule has 4 nitrogen and oxygen atoms in total. The Morgan fingerprint density at radius 2 is 1.55 bits per heavy atom. The molecule has 3 aromatic rings. The number of hydrogen-bond donors (Lipinski definition) is 1. The van der Waals surface area contributed by atoms with Gasteiger partial charge in [0, 0.05) is 25.0 Å². The summed E-state index contributed by atoms with van der Waals surface area (Å²) in [5.74, 6) is -0.774. The van der Waals surface area contributed by atoms with Crippen molar-refractivity contribution in [2.24, 2.45) is 0 Å². The van der Waals surface area contributed by atoms with Gasteiger partial charge in [-0.1, -0.05) is 12.1 Å². The molecular formula is C23H19F4N3O. The van der Waals surface area contributed by atoms with Crippen molar-refractivity contribution in [2.45, 2.75) is 12.2 Å². The number of benzene rings is 3. The number of amides is 1. The maximum Gasteiger partial charge on any atom is 0.416 e. The maximum absolute atomic E-state index is 13.2. The molecule has 1 N–H and O–H groups in total. The van der Waals surface area contributed by atoms with Crippen molar-refractivity contribution in [3.63, 3.8) is 0 Å². The Bertz CT molecular complexity index is 1080. The van der Waals surface area contributed by atoms with Crippen molar-refractivity contribution in [1.29, 1.82) is 0 Å². The number of likely N-dealkylation sites (N-methyl/N-ethyl adjacent to an activating group) is 1. The van der Waals surface area contributed by atoms with Crippen molar-refractivity contribution >= 4 is 28.7 Å². The minimum Gasteiger partial charge on any atom is -0.370 e. The lowest BCUT2D eigenvalue weighted by atomic mass is 10.0. The van der Waals surface area contributed by atoms with E-state index in [1.807, 2.05) is 36.2 Å². The van der Waals surface area contributed by atoms with Crippen LogP contribution in [0, 0.1) is 5.82 Å². The van der Waals surface area contributed by atoms with E-state index in [0.29, 0.717) is 23.6 Å². The lowest BCUT2D eigenvalue weighted by Crippen LogP contribution is -2.52. The van der Waals surface area contributed by atoms with Crippen LogP contribution in [0.25, 0.3) is 0 Å². The summed E-state index contributed by atoms with van der Waals surface area (Å²) in [6.07, 6.45) is -4.45. The fraction of sp³-hybridized carbons (Fsp3) is 0.174. The molecule has 160 valence electrons. The number of alkyl halides is 3. The first-order valence-electron chi connectivity index (χ1n) is 9.57. The highest BCUT2D eigenvalue weighted by molar-refractivity contribution is 6.01. The average molecular weight is 429 g/mol. The van der Waals surface area contributed by atoms with E-state index in [0.717, 1.165) is 17.8 Å². The zero-order chi connectivity index (χ0) is 22.2. The van der Waals surface area contributed by atoms with E-state index in [2.05, 4.69) is 5.32 Å². The average Bonchev–Trinajstić information content (AvgIpc) is 2.75. The topological polar surface area (TPSA) is 35.6 Å². The first kappa shape index (κ1) is 20.7. The number of carbonyl (C=O) groups excluding carboxylic acids is 1. The van der Waals surface area contributed by atoms with Gasteiger partial charge in [0.05, 0.1) is 16.9 Å². The van der Waals surface area contributed by atoms with Crippen LogP contribution in [0.3, 0.4) is 0 Å². The molecule has 0 saturated heterocycles. The van der Waals surface area contributed by atoms with Gasteiger partial charge in [0.1, 0.15) is 11.9 Å². The SMILES string of the molecule is CN1CC(C(=O)Nc2ccc(F)cc2)N(c2ccc(C(F)(F)F)cc2)c2ccccc21. The second kappa shape index (κ2) is 7.94. The Morgan fingerprint density at radius 1 is 0.935 bits per heavy atom. The molecule has 8 heteroatoms. The zero-order valence-electron chi connectivity index (χ0n) is 16.5. The number of fused-ring (bicyclic) bond motifs is 1. The molecule has 0 aromatic heterocycles. The van der Waals surface area contributed by atoms with Crippen molar-refractivity contribution in [1.82, 2.24) is 0 Å². The molecule has 31 heavy (non-hydrogen) atoms. The summed E-state index contributed by atoms with van der Waals surface area (Å²) >= 11 is 0. The first-order valence-corrected chi connectivity index (χ1v) is 9.57. The van der Waals surface area contributed by atoms with Gasteiger partial charge in [0.2, 0.25) is 5.91 Å². The third-order valence-electron chi connectivity index (χ3n) is 5.20. The normalized spacial score (nSPS) is 16.1. The van der Waals surface area contributed by atoms with E-state index in [1.165, 1.54) is 36.4 Å². The second-order valence-electron chi connectivity index (χ2n) is 7.30. The van der Waals surface area contributed by atoms with E-state index in [4.69, 9.17) is 0 Å². The number of halogens is 4. The fourth-order valence-corrected chi connectivity index (χ4v) is 3.69. The first-order chi connectivity index (χ1) is 14.7. The Kier molecular flexibility index (Phi) is 5.31. The Labute approximate surface area is 176 Å². The van der Waals surface area contributed by atoms with Crippen LogP contribution in [0.1, 0.15) is 5.56 Å². The van der Waals surface area contributed by atoms with Gasteiger partial charge in [-0.2, -0.15) is 13.2 Å². The van der Waals surface area contributed by atoms with Crippen molar-refractivity contribution in [2.75, 3.05) is 28.7 Å². The van der Waals surface area contributed by atoms with Gasteiger partial charge in [0.25, 0.3) is 0 Å². The molecule has 1 amide bonds. The van der Waals surface area contributed by atoms with E-state index in [-0.39, 0.29) is 5.91 Å². The molecule has 0 spiro atoms. The van der Waals surface area contributed by atoms with Crippen LogP contribution in [0.4, 0.5) is 40.3 Å². The quantitative estimate of drug-likeness (QED) is 0.564. The van der Waals surface area contributed by atoms with Crippen LogP contribution in [0.15, 0.2) is 72.8 Å². The van der Waals surface area contributed by atoms with Crippen LogP contribution in [-0.2, 0) is 11.0 Å². The molecule has 0 saturated carbocycles. The molecule has 1 aliphatic heterocycles. The molecule has 4 rings (SSSR count). The van der Waals surface area contributed by atoms with Gasteiger partial charge in [-0.05, 0) is 60.7 Å². The lowest BCUT2D eigenvalue weighted by Gasteiger charge is -2.42. The van der Waals surface area contributed by atoms with Gasteiger partial charge in [-0.25, -0.2) is 4.39 Å². The number of nitrogens with zero attached hydrogens (tertiary/aromatic N) is 2. The van der Waals surface area contributed by atoms with Crippen LogP contribution < -0.4 is 15.1 Å². The minimum absolute atomic E-state index is 0.311. The largest absolute Gasteiger partial charge is 0.416 e. The molecule has 0 radical (unpaired) electrons. The van der Waals surface area contributed by atoms with E-state index < -0.39 is 23.6 Å². The highest BCUT2D eigenvalue weighted by Gasteiger charge is 2.36. The predicted molar refractivity (Wildman–Crippen MR) is 112 cm³/mol. The van der Waals surface area contributed by atoms with E-state index in [9.17, 15) is 22.4 Å². The predicted octanol–water partition coefficient (Wildman–Crippen LogP) is 5.44. The Hall–Kier alpha value is -3.55. The summed E-state index contributed by atoms with van der Waals surface area (Å²) in [4.78, 5) is 16.8. The number of nitrogens with one attached hydrogen (secondary N) is 1. The smallest absolute Gasteiger partial charge is 0.370 e. The second-order valence-corrected chi connectivity index (χ2v) is 7.30. The van der Waals surface area contributed by atoms with Crippen LogP contribution in [0.5, 0.6) is 0 Å². The Balaban J connectivity index is 1.72. The highest BCUT2D eigenvalue weighted by atomic mass is 19.4. The van der Waals surface area contributed by atoms with Gasteiger partial charge in [-0.3, -0.25) is 4.79 Å². The highest BCUT2D eigenvalue weighted by Crippen LogP contribution is 2.40. The third-order valence-corrected chi connectivity index (χ3v) is 5.20. The summed E-state index contributed by atoms with van der Waals surface area (Å²) in [5.41, 5.74) is 1.70. The van der Waals surface area contributed by atoms with E-state index >= 15 is 0 Å². The number of carbonyl (C=O) groups is 1. The Morgan fingerprint density at radius 3 is 2.16 bits per heavy atom. The third kappa shape index (κ3) is 4.19. The minimum atomic E-state index is -4.45. The van der Waals surface area contributed by atoms with Gasteiger partial charge in [0.15, 0.2) is 0 Å². The van der Waals surface area contributed by atoms with Crippen molar-refractivity contribution in [3.8, 4) is 0 Å². The maximum atomic E-state index is 13.2. The molecule has 0 fully saturated rings. The summed E-state index contributed by atoms with van der Waals surface area (Å²) in [6, 6.07) is 16.8. The standard InChI is InChI=1S/C23H19F4N3O/c1-29-14-21(22(31)28-17-10-8-16(24)9-11-17)30(20-5-3-2-4-19(20)29)18-12-6-15(7-13-18)23(25,26)27/h2-13,21H,14H2,1H3,(H,28,31). The number of anilines is 4. The van der Waals surface area contributed by atoms with E-state index in [1.54, 1.807) is 4.90 Å². The van der Waals surface area contributed by atoms with Crippen LogP contribution in [0.2, 0.25) is 0 Å². The molecule has 0 bridgehead atoms. The van der Waals surface area contributed by atoms with Crippen LogP contribution >= 0.6 is 0 Å². The summed E-state index contributed by atoms with van der Waals surface area (Å²) in [5, 5.41) is 2.77. The molecule has 3 aromatic carbocycles. The molecule has 1 atom stereocenters. The molecular weight excluding hydrogens is 410 g/mol. The molecule has 1 unspecified atom stereocenters. The number of para-hydroxylation sites is 2. The zero-order valence-corrected chi connectivity index (χ0v) is 16.5. The van der Waals surface area contributed by atoms with Gasteiger partial charge in [-0.15, -0.1) is 0 Å². The molecule has 0 aliphatic carbocycles. The molecule has 1 heterocycles. The monoisotopic (exact) mass is 429 g/mol. The lowest BCUT2D eigenvalue weighted by molar-refractivity contribution is -0.137. The summed E-state index contributed by atoms with van der Waals surface area (Å²) in [7, 11) is 1.85. The fourth-order valence-electron chi connectivity index (χ4n) is 3.69. The van der Waals surface area contributed by atoms with Crippen molar-refractivity contribution < 1.29 is 22.4 Å². The number of hydrogen-bond acceptors (Lipinski definition) is 3. The van der Waals surface area contributed by atoms with Gasteiger partial charge >= 0.3 is 6.18 Å².